The molecule has 0 aliphatic heterocycles. The standard InChI is InChI=1S/C14H16ClN3O2S/c1-8-4-11(5-9(2)12(8)15)20-7-16-13(19)18-14-17-10(3)6-21-14/h4-6H,7H2,1-3H3,(H2,16,17,18,19). The van der Waals surface area contributed by atoms with Gasteiger partial charge in [0.2, 0.25) is 0 Å². The summed E-state index contributed by atoms with van der Waals surface area (Å²) in [6, 6.07) is 3.31. The summed E-state index contributed by atoms with van der Waals surface area (Å²) < 4.78 is 5.49. The van der Waals surface area contributed by atoms with Crippen LogP contribution >= 0.6 is 22.9 Å². The largest absolute Gasteiger partial charge is 0.473 e. The van der Waals surface area contributed by atoms with Crippen LogP contribution in [0, 0.1) is 20.8 Å². The molecular weight excluding hydrogens is 310 g/mol. The van der Waals surface area contributed by atoms with Gasteiger partial charge >= 0.3 is 6.03 Å². The first-order chi connectivity index (χ1) is 9.95. The summed E-state index contributed by atoms with van der Waals surface area (Å²) in [5.41, 5.74) is 2.75. The Bertz CT molecular complexity index is 634. The van der Waals surface area contributed by atoms with E-state index in [4.69, 9.17) is 16.3 Å². The van der Waals surface area contributed by atoms with Crippen molar-refractivity contribution in [1.29, 1.82) is 0 Å². The molecule has 1 heterocycles. The molecule has 0 spiro atoms. The van der Waals surface area contributed by atoms with Gasteiger partial charge in [-0.05, 0) is 44.0 Å². The highest BCUT2D eigenvalue weighted by Gasteiger charge is 2.06. The van der Waals surface area contributed by atoms with Crippen molar-refractivity contribution in [2.45, 2.75) is 20.8 Å². The van der Waals surface area contributed by atoms with Crippen molar-refractivity contribution in [3.8, 4) is 5.75 Å². The fraction of sp³-hybridized carbons (Fsp3) is 0.286. The number of nitrogens with one attached hydrogen (secondary N) is 2. The Kier molecular flexibility index (Phi) is 5.03. The number of carbonyl (C=O) groups is 1. The number of hydrogen-bond acceptors (Lipinski definition) is 4. The lowest BCUT2D eigenvalue weighted by atomic mass is 10.1. The smallest absolute Gasteiger partial charge is 0.323 e. The summed E-state index contributed by atoms with van der Waals surface area (Å²) in [7, 11) is 0. The van der Waals surface area contributed by atoms with E-state index in [1.807, 2.05) is 38.3 Å². The Morgan fingerprint density at radius 3 is 2.57 bits per heavy atom. The molecule has 0 aliphatic rings. The van der Waals surface area contributed by atoms with E-state index in [0.717, 1.165) is 21.8 Å². The molecular formula is C14H16ClN3O2S. The second kappa shape index (κ2) is 6.78. The van der Waals surface area contributed by atoms with Gasteiger partial charge in [0, 0.05) is 10.4 Å². The normalized spacial score (nSPS) is 10.3. The Labute approximate surface area is 132 Å². The Balaban J connectivity index is 1.82. The average Bonchev–Trinajstić information content (AvgIpc) is 2.81. The summed E-state index contributed by atoms with van der Waals surface area (Å²) >= 11 is 7.46. The number of ether oxygens (including phenoxy) is 1. The maximum absolute atomic E-state index is 11.6. The van der Waals surface area contributed by atoms with Gasteiger partial charge in [0.05, 0.1) is 5.69 Å². The molecule has 0 radical (unpaired) electrons. The van der Waals surface area contributed by atoms with Crippen LogP contribution in [-0.4, -0.2) is 17.7 Å². The van der Waals surface area contributed by atoms with Crippen LogP contribution in [-0.2, 0) is 0 Å². The van der Waals surface area contributed by atoms with Gasteiger partial charge in [-0.1, -0.05) is 11.6 Å². The number of rotatable bonds is 4. The molecule has 0 bridgehead atoms. The fourth-order valence-corrected chi connectivity index (χ4v) is 2.52. The van der Waals surface area contributed by atoms with Crippen LogP contribution in [0.2, 0.25) is 5.02 Å². The second-order valence-electron chi connectivity index (χ2n) is 4.58. The van der Waals surface area contributed by atoms with Crippen molar-refractivity contribution < 1.29 is 9.53 Å². The molecule has 2 rings (SSSR count). The molecule has 112 valence electrons. The first-order valence-corrected chi connectivity index (χ1v) is 7.58. The first kappa shape index (κ1) is 15.6. The quantitative estimate of drug-likeness (QED) is 0.838. The van der Waals surface area contributed by atoms with Crippen LogP contribution in [0.5, 0.6) is 5.75 Å². The summed E-state index contributed by atoms with van der Waals surface area (Å²) in [6.45, 7) is 5.75. The third-order valence-electron chi connectivity index (χ3n) is 2.72. The van der Waals surface area contributed by atoms with Gasteiger partial charge in [0.1, 0.15) is 5.75 Å². The average molecular weight is 326 g/mol. The van der Waals surface area contributed by atoms with E-state index in [-0.39, 0.29) is 12.8 Å². The molecule has 7 heteroatoms. The number of nitrogens with zero attached hydrogens (tertiary/aromatic N) is 1. The summed E-state index contributed by atoms with van der Waals surface area (Å²) in [5, 5.41) is 8.39. The van der Waals surface area contributed by atoms with Crippen molar-refractivity contribution in [2.24, 2.45) is 0 Å². The molecule has 0 saturated carbocycles. The molecule has 2 N–H and O–H groups in total. The SMILES string of the molecule is Cc1csc(NC(=O)NCOc2cc(C)c(Cl)c(C)c2)n1. The molecule has 2 amide bonds. The molecule has 0 aliphatic carbocycles. The lowest BCUT2D eigenvalue weighted by Crippen LogP contribution is -2.32. The van der Waals surface area contributed by atoms with Crippen LogP contribution in [0.1, 0.15) is 16.8 Å². The molecule has 0 saturated heterocycles. The number of benzene rings is 1. The van der Waals surface area contributed by atoms with E-state index < -0.39 is 0 Å². The lowest BCUT2D eigenvalue weighted by Gasteiger charge is -2.10. The van der Waals surface area contributed by atoms with Crippen LogP contribution < -0.4 is 15.4 Å². The fourth-order valence-electron chi connectivity index (χ4n) is 1.73. The van der Waals surface area contributed by atoms with E-state index in [1.165, 1.54) is 11.3 Å². The monoisotopic (exact) mass is 325 g/mol. The van der Waals surface area contributed by atoms with Crippen molar-refractivity contribution in [2.75, 3.05) is 12.0 Å². The van der Waals surface area contributed by atoms with Crippen LogP contribution in [0.25, 0.3) is 0 Å². The molecule has 0 fully saturated rings. The number of halogens is 1. The van der Waals surface area contributed by atoms with Crippen LogP contribution in [0.3, 0.4) is 0 Å². The van der Waals surface area contributed by atoms with Gasteiger partial charge in [0.15, 0.2) is 11.9 Å². The van der Waals surface area contributed by atoms with Gasteiger partial charge in [-0.2, -0.15) is 0 Å². The minimum Gasteiger partial charge on any atom is -0.473 e. The third kappa shape index (κ3) is 4.34. The molecule has 0 unspecified atom stereocenters. The Hall–Kier alpha value is -1.79. The molecule has 5 nitrogen and oxygen atoms in total. The number of urea groups is 1. The summed E-state index contributed by atoms with van der Waals surface area (Å²) in [5.74, 6) is 0.666. The molecule has 1 aromatic carbocycles. The maximum Gasteiger partial charge on any atom is 0.323 e. The molecule has 2 aromatic rings. The van der Waals surface area contributed by atoms with Crippen molar-refractivity contribution >= 4 is 34.1 Å². The zero-order valence-corrected chi connectivity index (χ0v) is 13.6. The number of anilines is 1. The van der Waals surface area contributed by atoms with Gasteiger partial charge in [-0.3, -0.25) is 5.32 Å². The Morgan fingerprint density at radius 1 is 1.33 bits per heavy atom. The van der Waals surface area contributed by atoms with Gasteiger partial charge < -0.3 is 10.1 Å². The van der Waals surface area contributed by atoms with Gasteiger partial charge in [0.25, 0.3) is 0 Å². The highest BCUT2D eigenvalue weighted by Crippen LogP contribution is 2.25. The zero-order valence-electron chi connectivity index (χ0n) is 12.0. The summed E-state index contributed by atoms with van der Waals surface area (Å²) in [4.78, 5) is 15.8. The van der Waals surface area contributed by atoms with E-state index >= 15 is 0 Å². The van der Waals surface area contributed by atoms with Crippen molar-refractivity contribution in [3.05, 3.63) is 39.4 Å². The highest BCUT2D eigenvalue weighted by atomic mass is 35.5. The summed E-state index contributed by atoms with van der Waals surface area (Å²) in [6.07, 6.45) is 0. The lowest BCUT2D eigenvalue weighted by molar-refractivity contribution is 0.234. The predicted molar refractivity (Wildman–Crippen MR) is 85.4 cm³/mol. The van der Waals surface area contributed by atoms with Crippen molar-refractivity contribution in [3.63, 3.8) is 0 Å². The molecule has 1 aromatic heterocycles. The first-order valence-electron chi connectivity index (χ1n) is 6.32. The maximum atomic E-state index is 11.6. The van der Waals surface area contributed by atoms with E-state index in [9.17, 15) is 4.79 Å². The van der Waals surface area contributed by atoms with Gasteiger partial charge in [-0.15, -0.1) is 11.3 Å². The minimum atomic E-state index is -0.355. The number of aromatic nitrogens is 1. The molecule has 0 atom stereocenters. The van der Waals surface area contributed by atoms with E-state index in [2.05, 4.69) is 15.6 Å². The van der Waals surface area contributed by atoms with Crippen LogP contribution in [0.15, 0.2) is 17.5 Å². The number of aryl methyl sites for hydroxylation is 3. The second-order valence-corrected chi connectivity index (χ2v) is 5.82. The minimum absolute atomic E-state index is 0.0662. The zero-order chi connectivity index (χ0) is 15.4. The predicted octanol–water partition coefficient (Wildman–Crippen LogP) is 3.88. The van der Waals surface area contributed by atoms with Crippen LogP contribution in [0.4, 0.5) is 9.93 Å². The number of hydrogen-bond donors (Lipinski definition) is 2. The number of amides is 2. The highest BCUT2D eigenvalue weighted by molar-refractivity contribution is 7.13. The van der Waals surface area contributed by atoms with Gasteiger partial charge in [-0.25, -0.2) is 9.78 Å². The number of thiazole rings is 1. The Morgan fingerprint density at radius 2 is 2.00 bits per heavy atom. The van der Waals surface area contributed by atoms with E-state index in [0.29, 0.717) is 10.9 Å². The van der Waals surface area contributed by atoms with Crippen molar-refractivity contribution in [1.82, 2.24) is 10.3 Å². The number of carbonyl (C=O) groups excluding carboxylic acids is 1. The van der Waals surface area contributed by atoms with E-state index in [1.54, 1.807) is 0 Å². The third-order valence-corrected chi connectivity index (χ3v) is 4.19. The topological polar surface area (TPSA) is 63.2 Å². The molecule has 21 heavy (non-hydrogen) atoms.